The molecular weight excluding hydrogens is 202 g/mol. The Morgan fingerprint density at radius 2 is 2.00 bits per heavy atom. The molecule has 0 fully saturated rings. The second kappa shape index (κ2) is 5.07. The predicted molar refractivity (Wildman–Crippen MR) is 65.0 cm³/mol. The van der Waals surface area contributed by atoms with Gasteiger partial charge in [-0.25, -0.2) is 4.98 Å². The van der Waals surface area contributed by atoms with Gasteiger partial charge in [-0.2, -0.15) is 0 Å². The molecule has 0 aliphatic rings. The lowest BCUT2D eigenvalue weighted by Crippen LogP contribution is -2.19. The number of nitrogens with two attached hydrogens (primary N) is 1. The lowest BCUT2D eigenvalue weighted by atomic mass is 10.1. The molecule has 4 heteroatoms. The van der Waals surface area contributed by atoms with Crippen molar-refractivity contribution in [2.45, 2.75) is 33.7 Å². The summed E-state index contributed by atoms with van der Waals surface area (Å²) in [6.45, 7) is 7.48. The minimum absolute atomic E-state index is 0.0336. The van der Waals surface area contributed by atoms with Gasteiger partial charge in [-0.1, -0.05) is 13.8 Å². The van der Waals surface area contributed by atoms with Gasteiger partial charge in [-0.05, 0) is 31.5 Å². The zero-order chi connectivity index (χ0) is 12.3. The van der Waals surface area contributed by atoms with Crippen molar-refractivity contribution in [2.75, 3.05) is 5.32 Å². The molecule has 0 aliphatic carbocycles. The fourth-order valence-corrected chi connectivity index (χ4v) is 1.29. The van der Waals surface area contributed by atoms with Crippen LogP contribution in [0.3, 0.4) is 0 Å². The fourth-order valence-electron chi connectivity index (χ4n) is 1.29. The van der Waals surface area contributed by atoms with Crippen molar-refractivity contribution < 1.29 is 4.79 Å². The Balaban J connectivity index is 2.92. The van der Waals surface area contributed by atoms with E-state index < -0.39 is 0 Å². The Labute approximate surface area is 96.3 Å². The van der Waals surface area contributed by atoms with Crippen LogP contribution < -0.4 is 11.1 Å². The SMILES string of the molecule is Cc1cc([C@H](C)N)cc(NC(=O)C(C)C)n1. The topological polar surface area (TPSA) is 68.0 Å². The monoisotopic (exact) mass is 221 g/mol. The quantitative estimate of drug-likeness (QED) is 0.820. The van der Waals surface area contributed by atoms with Crippen molar-refractivity contribution in [1.82, 2.24) is 4.98 Å². The molecule has 0 aromatic carbocycles. The number of carbonyl (C=O) groups is 1. The molecule has 1 aromatic rings. The van der Waals surface area contributed by atoms with Crippen molar-refractivity contribution in [3.63, 3.8) is 0 Å². The van der Waals surface area contributed by atoms with Gasteiger partial charge in [-0.3, -0.25) is 4.79 Å². The molecule has 4 nitrogen and oxygen atoms in total. The predicted octanol–water partition coefficient (Wildman–Crippen LogP) is 2.00. The highest BCUT2D eigenvalue weighted by molar-refractivity contribution is 5.91. The number of nitrogens with one attached hydrogen (secondary N) is 1. The summed E-state index contributed by atoms with van der Waals surface area (Å²) in [7, 11) is 0. The summed E-state index contributed by atoms with van der Waals surface area (Å²) < 4.78 is 0. The molecule has 1 rings (SSSR count). The third kappa shape index (κ3) is 3.31. The number of hydrogen-bond acceptors (Lipinski definition) is 3. The third-order valence-corrected chi connectivity index (χ3v) is 2.28. The largest absolute Gasteiger partial charge is 0.324 e. The van der Waals surface area contributed by atoms with Crippen molar-refractivity contribution in [3.05, 3.63) is 23.4 Å². The highest BCUT2D eigenvalue weighted by Crippen LogP contribution is 2.16. The van der Waals surface area contributed by atoms with Crippen molar-refractivity contribution >= 4 is 11.7 Å². The van der Waals surface area contributed by atoms with E-state index >= 15 is 0 Å². The molecule has 0 saturated carbocycles. The number of pyridine rings is 1. The number of aromatic nitrogens is 1. The number of amides is 1. The summed E-state index contributed by atoms with van der Waals surface area (Å²) >= 11 is 0. The molecule has 1 amide bonds. The van der Waals surface area contributed by atoms with Crippen LogP contribution in [0, 0.1) is 12.8 Å². The first-order valence-electron chi connectivity index (χ1n) is 5.45. The van der Waals surface area contributed by atoms with Crippen LogP contribution >= 0.6 is 0 Å². The van der Waals surface area contributed by atoms with Gasteiger partial charge in [0.1, 0.15) is 5.82 Å². The van der Waals surface area contributed by atoms with Crippen LogP contribution in [0.2, 0.25) is 0 Å². The zero-order valence-corrected chi connectivity index (χ0v) is 10.2. The van der Waals surface area contributed by atoms with Crippen LogP contribution in [0.4, 0.5) is 5.82 Å². The Hall–Kier alpha value is -1.42. The molecule has 1 aromatic heterocycles. The number of rotatable bonds is 3. The number of aryl methyl sites for hydroxylation is 1. The molecule has 88 valence electrons. The van der Waals surface area contributed by atoms with Crippen LogP contribution in [-0.2, 0) is 4.79 Å². The molecule has 0 saturated heterocycles. The Kier molecular flexibility index (Phi) is 4.01. The van der Waals surface area contributed by atoms with Crippen LogP contribution in [-0.4, -0.2) is 10.9 Å². The Bertz CT molecular complexity index is 386. The van der Waals surface area contributed by atoms with E-state index in [0.29, 0.717) is 5.82 Å². The Morgan fingerprint density at radius 3 is 2.50 bits per heavy atom. The number of hydrogen-bond donors (Lipinski definition) is 2. The van der Waals surface area contributed by atoms with Gasteiger partial charge in [0.25, 0.3) is 0 Å². The maximum absolute atomic E-state index is 11.5. The molecular formula is C12H19N3O. The van der Waals surface area contributed by atoms with Gasteiger partial charge in [0.2, 0.25) is 5.91 Å². The smallest absolute Gasteiger partial charge is 0.228 e. The molecule has 0 unspecified atom stereocenters. The third-order valence-electron chi connectivity index (χ3n) is 2.28. The molecule has 16 heavy (non-hydrogen) atoms. The van der Waals surface area contributed by atoms with Crippen molar-refractivity contribution in [3.8, 4) is 0 Å². The average molecular weight is 221 g/mol. The molecule has 0 spiro atoms. The van der Waals surface area contributed by atoms with Crippen molar-refractivity contribution in [2.24, 2.45) is 11.7 Å². The Morgan fingerprint density at radius 1 is 1.38 bits per heavy atom. The minimum atomic E-state index is -0.0589. The van der Waals surface area contributed by atoms with Gasteiger partial charge >= 0.3 is 0 Å². The summed E-state index contributed by atoms with van der Waals surface area (Å²) in [5, 5.41) is 2.77. The average Bonchev–Trinajstić information content (AvgIpc) is 2.16. The lowest BCUT2D eigenvalue weighted by molar-refractivity contribution is -0.118. The van der Waals surface area contributed by atoms with E-state index in [4.69, 9.17) is 5.73 Å². The lowest BCUT2D eigenvalue weighted by Gasteiger charge is -2.11. The van der Waals surface area contributed by atoms with Gasteiger partial charge in [-0.15, -0.1) is 0 Å². The summed E-state index contributed by atoms with van der Waals surface area (Å²) in [5.74, 6) is 0.487. The summed E-state index contributed by atoms with van der Waals surface area (Å²) in [5.41, 5.74) is 7.64. The maximum Gasteiger partial charge on any atom is 0.228 e. The minimum Gasteiger partial charge on any atom is -0.324 e. The normalized spacial score (nSPS) is 12.6. The summed E-state index contributed by atoms with van der Waals surface area (Å²) in [6.07, 6.45) is 0. The molecule has 0 radical (unpaired) electrons. The highest BCUT2D eigenvalue weighted by Gasteiger charge is 2.10. The van der Waals surface area contributed by atoms with Gasteiger partial charge in [0.05, 0.1) is 0 Å². The fraction of sp³-hybridized carbons (Fsp3) is 0.500. The van der Waals surface area contributed by atoms with E-state index in [-0.39, 0.29) is 17.9 Å². The van der Waals surface area contributed by atoms with E-state index in [2.05, 4.69) is 10.3 Å². The first-order chi connectivity index (χ1) is 7.40. The first-order valence-corrected chi connectivity index (χ1v) is 5.45. The maximum atomic E-state index is 11.5. The summed E-state index contributed by atoms with van der Waals surface area (Å²) in [4.78, 5) is 15.8. The zero-order valence-electron chi connectivity index (χ0n) is 10.2. The number of anilines is 1. The molecule has 3 N–H and O–H groups in total. The second-order valence-electron chi connectivity index (χ2n) is 4.36. The van der Waals surface area contributed by atoms with Crippen molar-refractivity contribution in [1.29, 1.82) is 0 Å². The molecule has 1 heterocycles. The summed E-state index contributed by atoms with van der Waals surface area (Å²) in [6, 6.07) is 3.68. The first kappa shape index (κ1) is 12.6. The number of nitrogens with zero attached hydrogens (tertiary/aromatic N) is 1. The van der Waals surface area contributed by atoms with E-state index in [1.54, 1.807) is 0 Å². The van der Waals surface area contributed by atoms with Gasteiger partial charge < -0.3 is 11.1 Å². The van der Waals surface area contributed by atoms with Crippen LogP contribution in [0.5, 0.6) is 0 Å². The van der Waals surface area contributed by atoms with Crippen LogP contribution in [0.1, 0.15) is 38.1 Å². The molecule has 0 bridgehead atoms. The second-order valence-corrected chi connectivity index (χ2v) is 4.36. The van der Waals surface area contributed by atoms with Gasteiger partial charge in [0, 0.05) is 17.7 Å². The molecule has 0 aliphatic heterocycles. The van der Waals surface area contributed by atoms with E-state index in [0.717, 1.165) is 11.3 Å². The molecule has 1 atom stereocenters. The van der Waals surface area contributed by atoms with Crippen LogP contribution in [0.15, 0.2) is 12.1 Å². The van der Waals surface area contributed by atoms with E-state index in [9.17, 15) is 4.79 Å². The number of carbonyl (C=O) groups excluding carboxylic acids is 1. The van der Waals surface area contributed by atoms with Crippen LogP contribution in [0.25, 0.3) is 0 Å². The highest BCUT2D eigenvalue weighted by atomic mass is 16.1. The standard InChI is InChI=1S/C12H19N3O/c1-7(2)12(16)15-11-6-10(9(4)13)5-8(3)14-11/h5-7,9H,13H2,1-4H3,(H,14,15,16)/t9-/m0/s1. The van der Waals surface area contributed by atoms with E-state index in [1.807, 2.05) is 39.8 Å². The van der Waals surface area contributed by atoms with E-state index in [1.165, 1.54) is 0 Å². The van der Waals surface area contributed by atoms with Gasteiger partial charge in [0.15, 0.2) is 0 Å².